The minimum absolute atomic E-state index is 0.0231. The van der Waals surface area contributed by atoms with E-state index in [1.54, 1.807) is 0 Å². The Morgan fingerprint density at radius 3 is 1.98 bits per heavy atom. The zero-order valence-corrected chi connectivity index (χ0v) is 35.1. The summed E-state index contributed by atoms with van der Waals surface area (Å²) in [4.78, 5) is 19.2. The summed E-state index contributed by atoms with van der Waals surface area (Å²) in [6.45, 7) is 2.27. The number of furan rings is 1. The zero-order valence-electron chi connectivity index (χ0n) is 34.3. The predicted octanol–water partition coefficient (Wildman–Crippen LogP) is 14.9. The summed E-state index contributed by atoms with van der Waals surface area (Å²) in [6, 6.07) is 60.4. The van der Waals surface area contributed by atoms with Crippen LogP contribution in [0.15, 0.2) is 180 Å². The topological polar surface area (TPSA) is 55.1 Å². The Morgan fingerprint density at radius 2 is 1.19 bits per heavy atom. The fourth-order valence-corrected chi connectivity index (χ4v) is 11.0. The number of allylic oxidation sites excluding steroid dienone is 1. The number of anilines is 1. The van der Waals surface area contributed by atoms with Crippen LogP contribution >= 0.6 is 11.3 Å². The van der Waals surface area contributed by atoms with Gasteiger partial charge < -0.3 is 9.32 Å². The fraction of sp³-hybridized carbons (Fsp3) is 0.0893. The number of benzene rings is 7. The number of hydrogen-bond donors (Lipinski definition) is 0. The van der Waals surface area contributed by atoms with Crippen LogP contribution in [0.1, 0.15) is 47.1 Å². The van der Waals surface area contributed by atoms with E-state index in [0.717, 1.165) is 45.6 Å². The van der Waals surface area contributed by atoms with Gasteiger partial charge in [-0.3, -0.25) is 0 Å². The van der Waals surface area contributed by atoms with Crippen molar-refractivity contribution >= 4 is 44.2 Å². The van der Waals surface area contributed by atoms with Crippen molar-refractivity contribution in [1.29, 1.82) is 0 Å². The van der Waals surface area contributed by atoms with Gasteiger partial charge in [0.25, 0.3) is 0 Å². The third-order valence-corrected chi connectivity index (χ3v) is 13.9. The normalized spacial score (nSPS) is 15.4. The molecule has 4 heterocycles. The van der Waals surface area contributed by atoms with E-state index in [4.69, 9.17) is 19.4 Å². The molecular formula is C56H40N4OS. The minimum atomic E-state index is 0.0231. The molecule has 62 heavy (non-hydrogen) atoms. The van der Waals surface area contributed by atoms with Crippen molar-refractivity contribution in [2.24, 2.45) is 0 Å². The molecule has 1 aliphatic heterocycles. The quantitative estimate of drug-likeness (QED) is 0.167. The lowest BCUT2D eigenvalue weighted by Gasteiger charge is -2.37. The molecule has 0 amide bonds. The first-order chi connectivity index (χ1) is 30.6. The first kappa shape index (κ1) is 36.4. The van der Waals surface area contributed by atoms with E-state index >= 15 is 0 Å². The highest BCUT2D eigenvalue weighted by Crippen LogP contribution is 2.54. The maximum Gasteiger partial charge on any atom is 0.164 e. The van der Waals surface area contributed by atoms with E-state index in [2.05, 4.69) is 183 Å². The standard InChI is InChI=1S/C56H40N4OS/c1-34-14-11-24-47-49(34)45-23-13-22-42(52(45)61-47)40-19-12-20-41(32-40)56-58-54(37-17-7-4-8-18-37)57-55(59-56)38-28-26-36(27-29-38)51-53-50(44-21-9-10-25-48(44)62-53)43-31-30-39(33-46(43)60(51)2)35-15-5-3-6-16-35/h3-13,15-34,51H,14H2,1-2H3. The molecule has 10 aromatic rings. The van der Waals surface area contributed by atoms with Crippen LogP contribution in [0.4, 0.5) is 5.69 Å². The molecule has 296 valence electrons. The van der Waals surface area contributed by atoms with Gasteiger partial charge in [-0.1, -0.05) is 165 Å². The van der Waals surface area contributed by atoms with Gasteiger partial charge in [0.1, 0.15) is 11.3 Å². The molecule has 0 fully saturated rings. The number of rotatable bonds is 6. The zero-order chi connectivity index (χ0) is 41.3. The molecule has 7 aromatic carbocycles. The van der Waals surface area contributed by atoms with Crippen molar-refractivity contribution in [1.82, 2.24) is 15.0 Å². The molecule has 0 radical (unpaired) electrons. The highest BCUT2D eigenvalue weighted by atomic mass is 32.1. The summed E-state index contributed by atoms with van der Waals surface area (Å²) >= 11 is 1.89. The van der Waals surface area contributed by atoms with Crippen LogP contribution in [0.3, 0.4) is 0 Å². The molecule has 0 saturated carbocycles. The molecule has 6 heteroatoms. The fourth-order valence-electron chi connectivity index (χ4n) is 9.57. The second-order valence-electron chi connectivity index (χ2n) is 16.4. The van der Waals surface area contributed by atoms with E-state index < -0.39 is 0 Å². The van der Waals surface area contributed by atoms with Crippen molar-refractivity contribution < 1.29 is 4.42 Å². The number of fused-ring (bicyclic) bond motifs is 8. The lowest BCUT2D eigenvalue weighted by molar-refractivity contribution is 0.587. The molecule has 1 aliphatic carbocycles. The van der Waals surface area contributed by atoms with Crippen molar-refractivity contribution in [3.8, 4) is 67.5 Å². The van der Waals surface area contributed by atoms with E-state index in [1.807, 2.05) is 29.5 Å². The lowest BCUT2D eigenvalue weighted by atomic mass is 9.88. The average Bonchev–Trinajstić information content (AvgIpc) is 3.92. The van der Waals surface area contributed by atoms with Crippen LogP contribution in [0, 0.1) is 0 Å². The minimum Gasteiger partial charge on any atom is -0.456 e. The van der Waals surface area contributed by atoms with Gasteiger partial charge in [-0.15, -0.1) is 11.3 Å². The highest BCUT2D eigenvalue weighted by molar-refractivity contribution is 7.19. The van der Waals surface area contributed by atoms with E-state index in [0.29, 0.717) is 23.4 Å². The average molecular weight is 817 g/mol. The number of para-hydroxylation sites is 1. The van der Waals surface area contributed by atoms with E-state index in [-0.39, 0.29) is 6.04 Å². The van der Waals surface area contributed by atoms with Crippen LogP contribution in [-0.4, -0.2) is 22.0 Å². The summed E-state index contributed by atoms with van der Waals surface area (Å²) < 4.78 is 7.85. The Kier molecular flexibility index (Phi) is 8.61. The summed E-state index contributed by atoms with van der Waals surface area (Å²) in [5, 5.41) is 2.49. The van der Waals surface area contributed by atoms with Crippen LogP contribution in [0.25, 0.3) is 94.7 Å². The van der Waals surface area contributed by atoms with Gasteiger partial charge in [0, 0.05) is 72.0 Å². The Balaban J connectivity index is 0.949. The molecule has 0 spiro atoms. The number of thiophene rings is 1. The van der Waals surface area contributed by atoms with Crippen LogP contribution < -0.4 is 4.90 Å². The maximum atomic E-state index is 6.55. The first-order valence-electron chi connectivity index (χ1n) is 21.2. The van der Waals surface area contributed by atoms with Crippen LogP contribution in [0.5, 0.6) is 0 Å². The second-order valence-corrected chi connectivity index (χ2v) is 17.5. The highest BCUT2D eigenvalue weighted by Gasteiger charge is 2.34. The molecule has 2 unspecified atom stereocenters. The summed E-state index contributed by atoms with van der Waals surface area (Å²) in [6.07, 6.45) is 5.35. The number of aromatic nitrogens is 3. The maximum absolute atomic E-state index is 6.55. The van der Waals surface area contributed by atoms with Crippen molar-refractivity contribution in [3.05, 3.63) is 198 Å². The monoisotopic (exact) mass is 816 g/mol. The molecule has 2 aliphatic rings. The van der Waals surface area contributed by atoms with E-state index in [9.17, 15) is 0 Å². The Bertz CT molecular complexity index is 3370. The molecule has 0 saturated heterocycles. The van der Waals surface area contributed by atoms with Crippen molar-refractivity contribution in [2.45, 2.75) is 25.3 Å². The molecule has 0 N–H and O–H groups in total. The van der Waals surface area contributed by atoms with Crippen molar-refractivity contribution in [3.63, 3.8) is 0 Å². The molecule has 5 nitrogen and oxygen atoms in total. The van der Waals surface area contributed by atoms with Gasteiger partial charge in [-0.05, 0) is 58.9 Å². The predicted molar refractivity (Wildman–Crippen MR) is 256 cm³/mol. The molecule has 2 atom stereocenters. The molecular weight excluding hydrogens is 777 g/mol. The summed E-state index contributed by atoms with van der Waals surface area (Å²) in [5.41, 5.74) is 14.6. The summed E-state index contributed by atoms with van der Waals surface area (Å²) in [7, 11) is 2.23. The third kappa shape index (κ3) is 6.01. The van der Waals surface area contributed by atoms with Crippen molar-refractivity contribution in [2.75, 3.05) is 11.9 Å². The van der Waals surface area contributed by atoms with Crippen LogP contribution in [0.2, 0.25) is 0 Å². The molecule has 0 bridgehead atoms. The first-order valence-corrected chi connectivity index (χ1v) is 22.1. The lowest BCUT2D eigenvalue weighted by Crippen LogP contribution is -2.28. The van der Waals surface area contributed by atoms with Gasteiger partial charge in [0.2, 0.25) is 0 Å². The third-order valence-electron chi connectivity index (χ3n) is 12.6. The van der Waals surface area contributed by atoms with Gasteiger partial charge in [-0.25, -0.2) is 15.0 Å². The molecule has 12 rings (SSSR count). The number of hydrogen-bond acceptors (Lipinski definition) is 6. The number of nitrogens with zero attached hydrogens (tertiary/aromatic N) is 4. The largest absolute Gasteiger partial charge is 0.456 e. The Hall–Kier alpha value is -7.41. The summed E-state index contributed by atoms with van der Waals surface area (Å²) in [5.74, 6) is 3.26. The van der Waals surface area contributed by atoms with Gasteiger partial charge in [0.15, 0.2) is 17.5 Å². The SMILES string of the molecule is CC1CC=Cc2oc3c(-c4cccc(-c5nc(-c6ccccc6)nc(-c6ccc(C7c8sc9ccccc9c8-c8ccc(-c9ccccc9)cc8N7C)cc6)n5)c4)cccc3c21. The van der Waals surface area contributed by atoms with Gasteiger partial charge in [0.05, 0.1) is 6.04 Å². The Labute approximate surface area is 364 Å². The Morgan fingerprint density at radius 1 is 0.565 bits per heavy atom. The van der Waals surface area contributed by atoms with Gasteiger partial charge in [-0.2, -0.15) is 0 Å². The van der Waals surface area contributed by atoms with E-state index in [1.165, 1.54) is 59.4 Å². The van der Waals surface area contributed by atoms with Gasteiger partial charge >= 0.3 is 0 Å². The smallest absolute Gasteiger partial charge is 0.164 e. The molecule has 3 aromatic heterocycles. The van der Waals surface area contributed by atoms with Crippen LogP contribution in [-0.2, 0) is 0 Å². The second kappa shape index (κ2) is 14.6.